The standard InChI is InChI=1S/C19H22N2O2/c1-2-12-11-21-8-6-13(12)9-18(21)19(23)15-5-7-20-17-4-3-14(22)10-16(15)17/h2-5,7,10,12-13,18-19,22-23H,1,6,8-9,11H2/t12-,13-,18?,19+/m0/s1. The van der Waals surface area contributed by atoms with Crippen LogP contribution in [0.15, 0.2) is 43.1 Å². The molecule has 0 spiro atoms. The lowest BCUT2D eigenvalue weighted by Gasteiger charge is -2.50. The van der Waals surface area contributed by atoms with Gasteiger partial charge in [0.25, 0.3) is 0 Å². The number of hydrogen-bond acceptors (Lipinski definition) is 4. The van der Waals surface area contributed by atoms with E-state index in [1.54, 1.807) is 24.4 Å². The summed E-state index contributed by atoms with van der Waals surface area (Å²) in [6.07, 6.45) is 5.44. The number of pyridine rings is 1. The van der Waals surface area contributed by atoms with Crippen LogP contribution in [0.1, 0.15) is 24.5 Å². The number of phenolic OH excluding ortho intramolecular Hbond substituents is 1. The SMILES string of the molecule is C=C[C@H]1CN2CC[C@H]1CC2[C@H](O)c1ccnc2ccc(O)cc12. The van der Waals surface area contributed by atoms with Crippen molar-refractivity contribution < 1.29 is 10.2 Å². The lowest BCUT2D eigenvalue weighted by atomic mass is 9.73. The average molecular weight is 310 g/mol. The fourth-order valence-corrected chi connectivity index (χ4v) is 4.33. The molecule has 0 radical (unpaired) electrons. The summed E-state index contributed by atoms with van der Waals surface area (Å²) in [5.74, 6) is 1.38. The molecule has 2 N–H and O–H groups in total. The van der Waals surface area contributed by atoms with Gasteiger partial charge in [-0.05, 0) is 61.1 Å². The Hall–Kier alpha value is -1.91. The molecular weight excluding hydrogens is 288 g/mol. The van der Waals surface area contributed by atoms with Gasteiger partial charge in [0.2, 0.25) is 0 Å². The van der Waals surface area contributed by atoms with E-state index in [-0.39, 0.29) is 11.8 Å². The van der Waals surface area contributed by atoms with Gasteiger partial charge in [0.1, 0.15) is 5.75 Å². The Morgan fingerprint density at radius 2 is 2.22 bits per heavy atom. The van der Waals surface area contributed by atoms with Crippen LogP contribution in [0.2, 0.25) is 0 Å². The van der Waals surface area contributed by atoms with E-state index < -0.39 is 6.10 Å². The number of piperidine rings is 3. The number of hydrogen-bond donors (Lipinski definition) is 2. The highest BCUT2D eigenvalue weighted by atomic mass is 16.3. The molecule has 5 rings (SSSR count). The Balaban J connectivity index is 1.69. The van der Waals surface area contributed by atoms with Gasteiger partial charge in [0.15, 0.2) is 0 Å². The molecule has 2 aromatic rings. The minimum absolute atomic E-state index is 0.137. The maximum Gasteiger partial charge on any atom is 0.116 e. The Morgan fingerprint density at radius 1 is 1.35 bits per heavy atom. The number of benzene rings is 1. The Labute approximate surface area is 136 Å². The van der Waals surface area contributed by atoms with Gasteiger partial charge >= 0.3 is 0 Å². The molecule has 4 heteroatoms. The van der Waals surface area contributed by atoms with Crippen molar-refractivity contribution in [1.82, 2.24) is 9.88 Å². The summed E-state index contributed by atoms with van der Waals surface area (Å²) in [7, 11) is 0. The largest absolute Gasteiger partial charge is 0.508 e. The third-order valence-corrected chi connectivity index (χ3v) is 5.60. The van der Waals surface area contributed by atoms with Crippen molar-refractivity contribution in [3.05, 3.63) is 48.7 Å². The maximum absolute atomic E-state index is 11.0. The Bertz CT molecular complexity index is 745. The van der Waals surface area contributed by atoms with Gasteiger partial charge in [0.05, 0.1) is 11.6 Å². The summed E-state index contributed by atoms with van der Waals surface area (Å²) in [5, 5.41) is 21.7. The van der Waals surface area contributed by atoms with Crippen LogP contribution in [-0.4, -0.2) is 39.2 Å². The molecule has 3 aliphatic heterocycles. The van der Waals surface area contributed by atoms with E-state index >= 15 is 0 Å². The topological polar surface area (TPSA) is 56.6 Å². The normalized spacial score (nSPS) is 31.2. The quantitative estimate of drug-likeness (QED) is 0.856. The highest BCUT2D eigenvalue weighted by Crippen LogP contribution is 2.42. The van der Waals surface area contributed by atoms with Crippen molar-refractivity contribution in [1.29, 1.82) is 0 Å². The molecule has 23 heavy (non-hydrogen) atoms. The number of nitrogens with zero attached hydrogens (tertiary/aromatic N) is 2. The fourth-order valence-electron chi connectivity index (χ4n) is 4.33. The van der Waals surface area contributed by atoms with Crippen molar-refractivity contribution in [2.75, 3.05) is 13.1 Å². The molecule has 0 saturated carbocycles. The smallest absolute Gasteiger partial charge is 0.116 e. The van der Waals surface area contributed by atoms with Gasteiger partial charge in [-0.15, -0.1) is 6.58 Å². The first-order chi connectivity index (χ1) is 11.2. The van der Waals surface area contributed by atoms with Crippen LogP contribution in [-0.2, 0) is 0 Å². The van der Waals surface area contributed by atoms with Gasteiger partial charge in [-0.3, -0.25) is 9.88 Å². The molecular formula is C19H22N2O2. The minimum atomic E-state index is -0.559. The maximum atomic E-state index is 11.0. The predicted octanol–water partition coefficient (Wildman–Crippen LogP) is 2.87. The number of aromatic nitrogens is 1. The van der Waals surface area contributed by atoms with E-state index in [1.165, 1.54) is 6.42 Å². The lowest BCUT2D eigenvalue weighted by molar-refractivity contribution is -0.0444. The van der Waals surface area contributed by atoms with Crippen LogP contribution in [0.3, 0.4) is 0 Å². The molecule has 2 unspecified atom stereocenters. The zero-order chi connectivity index (χ0) is 16.0. The monoisotopic (exact) mass is 310 g/mol. The average Bonchev–Trinajstić information content (AvgIpc) is 2.60. The lowest BCUT2D eigenvalue weighted by Crippen LogP contribution is -2.54. The van der Waals surface area contributed by atoms with Gasteiger partial charge in [0, 0.05) is 24.2 Å². The van der Waals surface area contributed by atoms with Crippen LogP contribution in [0, 0.1) is 11.8 Å². The van der Waals surface area contributed by atoms with Crippen molar-refractivity contribution in [2.24, 2.45) is 11.8 Å². The predicted molar refractivity (Wildman–Crippen MR) is 90.1 cm³/mol. The van der Waals surface area contributed by atoms with Crippen LogP contribution in [0.25, 0.3) is 10.9 Å². The van der Waals surface area contributed by atoms with Gasteiger partial charge in [-0.25, -0.2) is 0 Å². The van der Waals surface area contributed by atoms with Crippen molar-refractivity contribution >= 4 is 10.9 Å². The third kappa shape index (κ3) is 2.42. The zero-order valence-electron chi connectivity index (χ0n) is 13.1. The number of aliphatic hydroxyl groups excluding tert-OH is 1. The second kappa shape index (κ2) is 5.62. The van der Waals surface area contributed by atoms with E-state index in [2.05, 4.69) is 22.5 Å². The summed E-state index contributed by atoms with van der Waals surface area (Å²) in [6.45, 7) is 5.99. The van der Waals surface area contributed by atoms with Crippen LogP contribution >= 0.6 is 0 Å². The number of rotatable bonds is 3. The highest BCUT2D eigenvalue weighted by molar-refractivity contribution is 5.83. The van der Waals surface area contributed by atoms with Crippen LogP contribution < -0.4 is 0 Å². The summed E-state index contributed by atoms with van der Waals surface area (Å²) in [6, 6.07) is 7.14. The number of aromatic hydroxyl groups is 1. The molecule has 1 aromatic heterocycles. The first kappa shape index (κ1) is 14.7. The molecule has 5 atom stereocenters. The molecule has 4 heterocycles. The first-order valence-electron chi connectivity index (χ1n) is 8.29. The summed E-state index contributed by atoms with van der Waals surface area (Å²) >= 11 is 0. The summed E-state index contributed by atoms with van der Waals surface area (Å²) < 4.78 is 0. The van der Waals surface area contributed by atoms with Crippen molar-refractivity contribution in [2.45, 2.75) is 25.0 Å². The van der Waals surface area contributed by atoms with E-state index in [0.717, 1.165) is 36.0 Å². The van der Waals surface area contributed by atoms with Crippen LogP contribution in [0.4, 0.5) is 0 Å². The van der Waals surface area contributed by atoms with E-state index in [4.69, 9.17) is 0 Å². The fraction of sp³-hybridized carbons (Fsp3) is 0.421. The van der Waals surface area contributed by atoms with Gasteiger partial charge in [-0.2, -0.15) is 0 Å². The number of aliphatic hydroxyl groups is 1. The summed E-state index contributed by atoms with van der Waals surface area (Å²) in [4.78, 5) is 6.73. The molecule has 4 nitrogen and oxygen atoms in total. The summed E-state index contributed by atoms with van der Waals surface area (Å²) in [5.41, 5.74) is 1.66. The Kier molecular flexibility index (Phi) is 3.58. The van der Waals surface area contributed by atoms with E-state index in [9.17, 15) is 10.2 Å². The number of fused-ring (bicyclic) bond motifs is 4. The first-order valence-corrected chi connectivity index (χ1v) is 8.29. The zero-order valence-corrected chi connectivity index (χ0v) is 13.1. The van der Waals surface area contributed by atoms with Gasteiger partial charge in [-0.1, -0.05) is 6.08 Å². The van der Waals surface area contributed by atoms with Gasteiger partial charge < -0.3 is 10.2 Å². The molecule has 0 aliphatic carbocycles. The minimum Gasteiger partial charge on any atom is -0.508 e. The molecule has 2 bridgehead atoms. The highest BCUT2D eigenvalue weighted by Gasteiger charge is 2.42. The second-order valence-corrected chi connectivity index (χ2v) is 6.79. The molecule has 3 aliphatic rings. The second-order valence-electron chi connectivity index (χ2n) is 6.79. The third-order valence-electron chi connectivity index (χ3n) is 5.60. The van der Waals surface area contributed by atoms with Crippen molar-refractivity contribution in [3.63, 3.8) is 0 Å². The Morgan fingerprint density at radius 3 is 2.96 bits per heavy atom. The molecule has 120 valence electrons. The molecule has 3 saturated heterocycles. The number of phenols is 1. The van der Waals surface area contributed by atoms with E-state index in [0.29, 0.717) is 11.8 Å². The van der Waals surface area contributed by atoms with E-state index in [1.807, 2.05) is 6.07 Å². The molecule has 1 aromatic carbocycles. The molecule has 3 fully saturated rings. The molecule has 0 amide bonds. The van der Waals surface area contributed by atoms with Crippen molar-refractivity contribution in [3.8, 4) is 5.75 Å². The van der Waals surface area contributed by atoms with Crippen LogP contribution in [0.5, 0.6) is 5.75 Å².